The molecule has 1 aromatic carbocycles. The Kier molecular flexibility index (Phi) is 2.86. The molecule has 3 nitrogen and oxygen atoms in total. The maximum atomic E-state index is 11.9. The highest BCUT2D eigenvalue weighted by atomic mass is 16.6. The first-order valence-corrected chi connectivity index (χ1v) is 5.92. The standard InChI is InChI=1S/C14H19NO2/c1-10-6-5-7-11-8-15(9-12(10)11)13(16)17-14(2,3)4/h5-7H,8-9H2,1-4H3. The minimum Gasteiger partial charge on any atom is -0.444 e. The van der Waals surface area contributed by atoms with Crippen molar-refractivity contribution < 1.29 is 9.53 Å². The van der Waals surface area contributed by atoms with Gasteiger partial charge >= 0.3 is 6.09 Å². The summed E-state index contributed by atoms with van der Waals surface area (Å²) in [5.74, 6) is 0. The van der Waals surface area contributed by atoms with Gasteiger partial charge in [-0.25, -0.2) is 4.79 Å². The van der Waals surface area contributed by atoms with Gasteiger partial charge in [0.15, 0.2) is 0 Å². The highest BCUT2D eigenvalue weighted by Crippen LogP contribution is 2.26. The third-order valence-electron chi connectivity index (χ3n) is 2.87. The second-order valence-corrected chi connectivity index (χ2v) is 5.55. The van der Waals surface area contributed by atoms with E-state index in [2.05, 4.69) is 19.1 Å². The summed E-state index contributed by atoms with van der Waals surface area (Å²) in [4.78, 5) is 13.7. The number of hydrogen-bond acceptors (Lipinski definition) is 2. The smallest absolute Gasteiger partial charge is 0.410 e. The van der Waals surface area contributed by atoms with Crippen LogP contribution in [0.25, 0.3) is 0 Å². The number of amides is 1. The quantitative estimate of drug-likeness (QED) is 0.688. The maximum absolute atomic E-state index is 11.9. The molecule has 0 atom stereocenters. The highest BCUT2D eigenvalue weighted by molar-refractivity contribution is 5.69. The van der Waals surface area contributed by atoms with E-state index in [0.717, 1.165) is 0 Å². The lowest BCUT2D eigenvalue weighted by Crippen LogP contribution is -2.33. The molecule has 3 heteroatoms. The number of hydrogen-bond donors (Lipinski definition) is 0. The van der Waals surface area contributed by atoms with Crippen molar-refractivity contribution in [1.82, 2.24) is 4.90 Å². The molecule has 0 bridgehead atoms. The van der Waals surface area contributed by atoms with E-state index in [9.17, 15) is 4.79 Å². The second kappa shape index (κ2) is 4.06. The largest absolute Gasteiger partial charge is 0.444 e. The average Bonchev–Trinajstić information content (AvgIpc) is 2.60. The van der Waals surface area contributed by atoms with Crippen LogP contribution in [0.3, 0.4) is 0 Å². The fourth-order valence-electron chi connectivity index (χ4n) is 2.05. The van der Waals surface area contributed by atoms with Gasteiger partial charge in [-0.1, -0.05) is 18.2 Å². The zero-order valence-corrected chi connectivity index (χ0v) is 10.9. The summed E-state index contributed by atoms with van der Waals surface area (Å²) in [5, 5.41) is 0. The van der Waals surface area contributed by atoms with E-state index in [0.29, 0.717) is 13.1 Å². The monoisotopic (exact) mass is 233 g/mol. The molecule has 1 amide bonds. The fraction of sp³-hybridized carbons (Fsp3) is 0.500. The number of nitrogens with zero attached hydrogens (tertiary/aromatic N) is 1. The van der Waals surface area contributed by atoms with Gasteiger partial charge in [-0.2, -0.15) is 0 Å². The van der Waals surface area contributed by atoms with Crippen molar-refractivity contribution >= 4 is 6.09 Å². The van der Waals surface area contributed by atoms with Crippen LogP contribution in [0.2, 0.25) is 0 Å². The Bertz CT molecular complexity index is 446. The first-order chi connectivity index (χ1) is 7.87. The topological polar surface area (TPSA) is 29.5 Å². The molecule has 0 radical (unpaired) electrons. The van der Waals surface area contributed by atoms with Crippen LogP contribution in [0.15, 0.2) is 18.2 Å². The van der Waals surface area contributed by atoms with E-state index in [4.69, 9.17) is 4.74 Å². The zero-order valence-electron chi connectivity index (χ0n) is 10.9. The molecule has 0 spiro atoms. The van der Waals surface area contributed by atoms with Crippen molar-refractivity contribution in [3.05, 3.63) is 34.9 Å². The minimum absolute atomic E-state index is 0.229. The van der Waals surface area contributed by atoms with Crippen LogP contribution in [0.1, 0.15) is 37.5 Å². The molecule has 17 heavy (non-hydrogen) atoms. The summed E-state index contributed by atoms with van der Waals surface area (Å²) in [6.45, 7) is 9.07. The van der Waals surface area contributed by atoms with Crippen LogP contribution in [-0.4, -0.2) is 16.6 Å². The number of carbonyl (C=O) groups is 1. The van der Waals surface area contributed by atoms with Crippen LogP contribution in [0.4, 0.5) is 4.79 Å². The predicted octanol–water partition coefficient (Wildman–Crippen LogP) is 3.25. The van der Waals surface area contributed by atoms with Crippen molar-refractivity contribution in [3.63, 3.8) is 0 Å². The molecule has 0 saturated heterocycles. The molecule has 1 aromatic rings. The lowest BCUT2D eigenvalue weighted by molar-refractivity contribution is 0.0242. The molecule has 1 aliphatic heterocycles. The van der Waals surface area contributed by atoms with Crippen LogP contribution < -0.4 is 0 Å². The third kappa shape index (κ3) is 2.60. The maximum Gasteiger partial charge on any atom is 0.410 e. The summed E-state index contributed by atoms with van der Waals surface area (Å²) >= 11 is 0. The van der Waals surface area contributed by atoms with Gasteiger partial charge in [0.2, 0.25) is 0 Å². The SMILES string of the molecule is Cc1cccc2c1CN(C(=O)OC(C)(C)C)C2. The Morgan fingerprint density at radius 3 is 2.59 bits per heavy atom. The molecule has 0 aliphatic carbocycles. The molecule has 0 unspecified atom stereocenters. The molecule has 2 rings (SSSR count). The molecule has 1 aliphatic rings. The van der Waals surface area contributed by atoms with Gasteiger partial charge in [0.1, 0.15) is 5.60 Å². The van der Waals surface area contributed by atoms with Crippen LogP contribution >= 0.6 is 0 Å². The fourth-order valence-corrected chi connectivity index (χ4v) is 2.05. The van der Waals surface area contributed by atoms with E-state index in [1.807, 2.05) is 26.8 Å². The lowest BCUT2D eigenvalue weighted by atomic mass is 10.1. The number of carbonyl (C=O) groups excluding carboxylic acids is 1. The number of fused-ring (bicyclic) bond motifs is 1. The molecule has 0 N–H and O–H groups in total. The Balaban J connectivity index is 2.10. The molecular formula is C14H19NO2. The first-order valence-electron chi connectivity index (χ1n) is 5.92. The van der Waals surface area contributed by atoms with E-state index < -0.39 is 5.60 Å². The molecule has 0 saturated carbocycles. The Morgan fingerprint density at radius 1 is 1.29 bits per heavy atom. The van der Waals surface area contributed by atoms with E-state index in [1.54, 1.807) is 4.90 Å². The molecule has 1 heterocycles. The van der Waals surface area contributed by atoms with Crippen molar-refractivity contribution in [3.8, 4) is 0 Å². The number of aryl methyl sites for hydroxylation is 1. The number of ether oxygens (including phenoxy) is 1. The number of benzene rings is 1. The van der Waals surface area contributed by atoms with Crippen molar-refractivity contribution in [1.29, 1.82) is 0 Å². The van der Waals surface area contributed by atoms with Gasteiger partial charge in [-0.3, -0.25) is 4.90 Å². The second-order valence-electron chi connectivity index (χ2n) is 5.55. The molecular weight excluding hydrogens is 214 g/mol. The Labute approximate surface area is 102 Å². The Hall–Kier alpha value is -1.51. The predicted molar refractivity (Wildman–Crippen MR) is 66.7 cm³/mol. The summed E-state index contributed by atoms with van der Waals surface area (Å²) in [5.41, 5.74) is 3.31. The van der Waals surface area contributed by atoms with Gasteiger partial charge in [-0.05, 0) is 44.4 Å². The van der Waals surface area contributed by atoms with Crippen LogP contribution in [-0.2, 0) is 17.8 Å². The zero-order chi connectivity index (χ0) is 12.6. The van der Waals surface area contributed by atoms with Crippen molar-refractivity contribution in [2.75, 3.05) is 0 Å². The van der Waals surface area contributed by atoms with Crippen molar-refractivity contribution in [2.45, 2.75) is 46.4 Å². The van der Waals surface area contributed by atoms with Crippen molar-refractivity contribution in [2.24, 2.45) is 0 Å². The van der Waals surface area contributed by atoms with E-state index in [-0.39, 0.29) is 6.09 Å². The van der Waals surface area contributed by atoms with Gasteiger partial charge in [0.05, 0.1) is 0 Å². The van der Waals surface area contributed by atoms with E-state index in [1.165, 1.54) is 16.7 Å². The molecule has 0 aromatic heterocycles. The molecule has 92 valence electrons. The number of rotatable bonds is 0. The third-order valence-corrected chi connectivity index (χ3v) is 2.87. The normalized spacial score (nSPS) is 14.7. The summed E-state index contributed by atoms with van der Waals surface area (Å²) in [6.07, 6.45) is -0.229. The van der Waals surface area contributed by atoms with Crippen LogP contribution in [0, 0.1) is 6.92 Å². The summed E-state index contributed by atoms with van der Waals surface area (Å²) in [7, 11) is 0. The first kappa shape index (κ1) is 12.0. The lowest BCUT2D eigenvalue weighted by Gasteiger charge is -2.24. The summed E-state index contributed by atoms with van der Waals surface area (Å²) < 4.78 is 5.38. The molecule has 0 fully saturated rings. The van der Waals surface area contributed by atoms with Gasteiger partial charge in [-0.15, -0.1) is 0 Å². The van der Waals surface area contributed by atoms with Crippen LogP contribution in [0.5, 0.6) is 0 Å². The Morgan fingerprint density at radius 2 is 2.00 bits per heavy atom. The van der Waals surface area contributed by atoms with E-state index >= 15 is 0 Å². The van der Waals surface area contributed by atoms with Gasteiger partial charge < -0.3 is 4.74 Å². The van der Waals surface area contributed by atoms with Gasteiger partial charge in [0, 0.05) is 13.1 Å². The average molecular weight is 233 g/mol. The highest BCUT2D eigenvalue weighted by Gasteiger charge is 2.28. The summed E-state index contributed by atoms with van der Waals surface area (Å²) in [6, 6.07) is 6.19. The van der Waals surface area contributed by atoms with Gasteiger partial charge in [0.25, 0.3) is 0 Å². The minimum atomic E-state index is -0.430.